The first-order valence-corrected chi connectivity index (χ1v) is 4.68. The molecule has 0 aromatic carbocycles. The van der Waals surface area contributed by atoms with Gasteiger partial charge in [0.1, 0.15) is 0 Å². The number of aliphatic carboxylic acids is 3. The summed E-state index contributed by atoms with van der Waals surface area (Å²) in [5.41, 5.74) is -2.83. The molecule has 9 heteroatoms. The van der Waals surface area contributed by atoms with E-state index in [1.165, 1.54) is 0 Å². The first-order valence-electron chi connectivity index (χ1n) is 4.68. The van der Waals surface area contributed by atoms with Crippen LogP contribution in [-0.4, -0.2) is 56.0 Å². The van der Waals surface area contributed by atoms with Crippen molar-refractivity contribution < 1.29 is 44.3 Å². The van der Waals surface area contributed by atoms with Crippen molar-refractivity contribution in [2.45, 2.75) is 31.5 Å². The molecule has 2 unspecified atom stereocenters. The summed E-state index contributed by atoms with van der Waals surface area (Å²) in [7, 11) is 0. The molecular weight excluding hydrogens is 252 g/mol. The lowest BCUT2D eigenvalue weighted by molar-refractivity contribution is -0.176. The minimum atomic E-state index is -2.83. The van der Waals surface area contributed by atoms with Gasteiger partial charge in [-0.25, -0.2) is 9.59 Å². The Kier molecular flexibility index (Phi) is 5.24. The lowest BCUT2D eigenvalue weighted by Crippen LogP contribution is -2.43. The van der Waals surface area contributed by atoms with Crippen LogP contribution < -0.4 is 0 Å². The van der Waals surface area contributed by atoms with E-state index in [4.69, 9.17) is 15.3 Å². The number of hydrogen-bond donors (Lipinski definition) is 4. The molecule has 0 bridgehead atoms. The van der Waals surface area contributed by atoms with Crippen LogP contribution in [0.15, 0.2) is 0 Å². The Hall–Kier alpha value is -2.16. The Morgan fingerprint density at radius 2 is 1.61 bits per heavy atom. The first-order chi connectivity index (χ1) is 8.08. The number of carboxylic acid groups (broad SMARTS) is 3. The number of carboxylic acids is 3. The van der Waals surface area contributed by atoms with Gasteiger partial charge in [-0.2, -0.15) is 0 Å². The molecule has 2 atom stereocenters. The molecule has 0 heterocycles. The van der Waals surface area contributed by atoms with Crippen LogP contribution in [0.5, 0.6) is 0 Å². The standard InChI is InChI=1S/C9H12O9/c1-4(7(13)14)18-6(12)3-9(17,8(15)16)2-5(10)11/h4,17H,2-3H2,1H3,(H,10,11)(H,13,14)(H,15,16). The Morgan fingerprint density at radius 3 is 1.94 bits per heavy atom. The quantitative estimate of drug-likeness (QED) is 0.409. The summed E-state index contributed by atoms with van der Waals surface area (Å²) in [5.74, 6) is -6.32. The van der Waals surface area contributed by atoms with E-state index in [9.17, 15) is 24.3 Å². The molecule has 0 aromatic heterocycles. The highest BCUT2D eigenvalue weighted by molar-refractivity contribution is 5.89. The Balaban J connectivity index is 4.70. The van der Waals surface area contributed by atoms with Crippen molar-refractivity contribution in [3.8, 4) is 0 Å². The van der Waals surface area contributed by atoms with Gasteiger partial charge in [-0.15, -0.1) is 0 Å². The molecule has 0 rings (SSSR count). The van der Waals surface area contributed by atoms with Gasteiger partial charge in [0.15, 0.2) is 11.7 Å². The van der Waals surface area contributed by atoms with Crippen LogP contribution in [0, 0.1) is 0 Å². The van der Waals surface area contributed by atoms with Gasteiger partial charge < -0.3 is 25.2 Å². The molecule has 0 saturated heterocycles. The van der Waals surface area contributed by atoms with Crippen LogP contribution in [0.2, 0.25) is 0 Å². The van der Waals surface area contributed by atoms with E-state index in [0.717, 1.165) is 6.92 Å². The van der Waals surface area contributed by atoms with Crippen molar-refractivity contribution in [2.24, 2.45) is 0 Å². The number of ether oxygens (including phenoxy) is 1. The molecule has 0 spiro atoms. The summed E-state index contributed by atoms with van der Waals surface area (Å²) in [5, 5.41) is 34.9. The predicted octanol–water partition coefficient (Wildman–Crippen LogP) is -1.32. The number of hydrogen-bond acceptors (Lipinski definition) is 6. The van der Waals surface area contributed by atoms with Gasteiger partial charge in [-0.1, -0.05) is 0 Å². The van der Waals surface area contributed by atoms with Gasteiger partial charge in [0.2, 0.25) is 0 Å². The summed E-state index contributed by atoms with van der Waals surface area (Å²) >= 11 is 0. The van der Waals surface area contributed by atoms with Crippen molar-refractivity contribution in [1.82, 2.24) is 0 Å². The lowest BCUT2D eigenvalue weighted by atomic mass is 9.96. The Morgan fingerprint density at radius 1 is 1.11 bits per heavy atom. The molecule has 0 aliphatic heterocycles. The molecule has 0 saturated carbocycles. The third-order valence-corrected chi connectivity index (χ3v) is 1.93. The smallest absolute Gasteiger partial charge is 0.344 e. The number of esters is 1. The molecule has 0 aromatic rings. The van der Waals surface area contributed by atoms with Crippen molar-refractivity contribution >= 4 is 23.9 Å². The zero-order valence-corrected chi connectivity index (χ0v) is 9.32. The highest BCUT2D eigenvalue weighted by Crippen LogP contribution is 2.17. The minimum absolute atomic E-state index is 1.03. The van der Waals surface area contributed by atoms with E-state index in [-0.39, 0.29) is 0 Å². The van der Waals surface area contributed by atoms with E-state index in [1.807, 2.05) is 0 Å². The maximum atomic E-state index is 11.2. The third kappa shape index (κ3) is 4.78. The second kappa shape index (κ2) is 5.96. The first kappa shape index (κ1) is 15.8. The predicted molar refractivity (Wildman–Crippen MR) is 52.6 cm³/mol. The van der Waals surface area contributed by atoms with Gasteiger partial charge in [-0.05, 0) is 6.92 Å². The normalized spacial score (nSPS) is 15.2. The van der Waals surface area contributed by atoms with Crippen molar-refractivity contribution in [3.63, 3.8) is 0 Å². The van der Waals surface area contributed by atoms with E-state index in [2.05, 4.69) is 4.74 Å². The van der Waals surface area contributed by atoms with Gasteiger partial charge in [0.25, 0.3) is 0 Å². The summed E-state index contributed by atoms with van der Waals surface area (Å²) in [6.45, 7) is 1.03. The minimum Gasteiger partial charge on any atom is -0.481 e. The molecular formula is C9H12O9. The monoisotopic (exact) mass is 264 g/mol. The molecule has 0 fully saturated rings. The van der Waals surface area contributed by atoms with E-state index < -0.39 is 48.4 Å². The van der Waals surface area contributed by atoms with Crippen LogP contribution >= 0.6 is 0 Å². The maximum absolute atomic E-state index is 11.2. The second-order valence-corrected chi connectivity index (χ2v) is 3.55. The summed E-state index contributed by atoms with van der Waals surface area (Å²) in [6, 6.07) is 0. The Labute approximate surface area is 101 Å². The fraction of sp³-hybridized carbons (Fsp3) is 0.556. The van der Waals surface area contributed by atoms with Crippen molar-refractivity contribution in [1.29, 1.82) is 0 Å². The van der Waals surface area contributed by atoms with Crippen LogP contribution in [0.3, 0.4) is 0 Å². The van der Waals surface area contributed by atoms with Crippen molar-refractivity contribution in [2.75, 3.05) is 0 Å². The van der Waals surface area contributed by atoms with E-state index in [0.29, 0.717) is 0 Å². The van der Waals surface area contributed by atoms with Crippen molar-refractivity contribution in [3.05, 3.63) is 0 Å². The molecule has 4 N–H and O–H groups in total. The number of rotatable bonds is 7. The fourth-order valence-electron chi connectivity index (χ4n) is 0.992. The average molecular weight is 264 g/mol. The second-order valence-electron chi connectivity index (χ2n) is 3.55. The average Bonchev–Trinajstić information content (AvgIpc) is 2.14. The lowest BCUT2D eigenvalue weighted by Gasteiger charge is -2.20. The molecule has 102 valence electrons. The molecule has 0 aliphatic rings. The molecule has 18 heavy (non-hydrogen) atoms. The van der Waals surface area contributed by atoms with Crippen LogP contribution in [0.25, 0.3) is 0 Å². The highest BCUT2D eigenvalue weighted by Gasteiger charge is 2.41. The fourth-order valence-corrected chi connectivity index (χ4v) is 0.992. The summed E-state index contributed by atoms with van der Waals surface area (Å²) in [6.07, 6.45) is -3.90. The zero-order chi connectivity index (χ0) is 14.5. The number of aliphatic hydroxyl groups is 1. The molecule has 0 radical (unpaired) electrons. The highest BCUT2D eigenvalue weighted by atomic mass is 16.6. The number of carbonyl (C=O) groups is 4. The Bertz CT molecular complexity index is 374. The summed E-state index contributed by atoms with van der Waals surface area (Å²) < 4.78 is 4.28. The van der Waals surface area contributed by atoms with E-state index >= 15 is 0 Å². The molecule has 9 nitrogen and oxygen atoms in total. The molecule has 0 aliphatic carbocycles. The topological polar surface area (TPSA) is 158 Å². The third-order valence-electron chi connectivity index (χ3n) is 1.93. The largest absolute Gasteiger partial charge is 0.481 e. The van der Waals surface area contributed by atoms with Gasteiger partial charge >= 0.3 is 23.9 Å². The van der Waals surface area contributed by atoms with Gasteiger partial charge in [0.05, 0.1) is 12.8 Å². The van der Waals surface area contributed by atoms with Crippen LogP contribution in [0.4, 0.5) is 0 Å². The van der Waals surface area contributed by atoms with Gasteiger partial charge in [0, 0.05) is 0 Å². The molecule has 0 amide bonds. The van der Waals surface area contributed by atoms with Crippen LogP contribution in [-0.2, 0) is 23.9 Å². The zero-order valence-electron chi connectivity index (χ0n) is 9.32. The van der Waals surface area contributed by atoms with Gasteiger partial charge in [-0.3, -0.25) is 9.59 Å². The van der Waals surface area contributed by atoms with Crippen LogP contribution in [0.1, 0.15) is 19.8 Å². The maximum Gasteiger partial charge on any atom is 0.344 e. The number of carbonyl (C=O) groups excluding carboxylic acids is 1. The summed E-state index contributed by atoms with van der Waals surface area (Å²) in [4.78, 5) is 42.6. The van der Waals surface area contributed by atoms with E-state index in [1.54, 1.807) is 0 Å². The SMILES string of the molecule is CC(OC(=O)CC(O)(CC(=O)O)C(=O)O)C(=O)O.